The van der Waals surface area contributed by atoms with Crippen molar-refractivity contribution in [3.63, 3.8) is 0 Å². The third-order valence-corrected chi connectivity index (χ3v) is 4.84. The smallest absolute Gasteiger partial charge is 0.0602 e. The van der Waals surface area contributed by atoms with Gasteiger partial charge in [0.05, 0.1) is 5.70 Å². The number of hydrogen-bond acceptors (Lipinski definition) is 2. The van der Waals surface area contributed by atoms with E-state index in [9.17, 15) is 0 Å². The second kappa shape index (κ2) is 5.99. The quantitative estimate of drug-likeness (QED) is 0.665. The van der Waals surface area contributed by atoms with Gasteiger partial charge in [-0.3, -0.25) is 10.7 Å². The zero-order chi connectivity index (χ0) is 16.5. The maximum atomic E-state index is 8.96. The summed E-state index contributed by atoms with van der Waals surface area (Å²) in [4.78, 5) is 0. The first-order chi connectivity index (χ1) is 11.8. The summed E-state index contributed by atoms with van der Waals surface area (Å²) in [7, 11) is 0. The van der Waals surface area contributed by atoms with E-state index in [-0.39, 0.29) is 0 Å². The summed E-state index contributed by atoms with van der Waals surface area (Å²) in [6.45, 7) is 3.77. The van der Waals surface area contributed by atoms with E-state index in [4.69, 9.17) is 5.21 Å². The fourth-order valence-electron chi connectivity index (χ4n) is 3.62. The Morgan fingerprint density at radius 2 is 1.38 bits per heavy atom. The van der Waals surface area contributed by atoms with Gasteiger partial charge in [0.2, 0.25) is 0 Å². The Morgan fingerprint density at radius 3 is 1.92 bits per heavy atom. The highest BCUT2D eigenvalue weighted by Crippen LogP contribution is 2.45. The molecule has 3 aromatic carbocycles. The van der Waals surface area contributed by atoms with E-state index in [2.05, 4.69) is 72.7 Å². The van der Waals surface area contributed by atoms with Crippen LogP contribution in [0.2, 0.25) is 0 Å². The lowest BCUT2D eigenvalue weighted by Crippen LogP contribution is -2.04. The summed E-state index contributed by atoms with van der Waals surface area (Å²) >= 11 is 0. The highest BCUT2D eigenvalue weighted by molar-refractivity contribution is 5.78. The summed E-state index contributed by atoms with van der Waals surface area (Å²) in [5.41, 5.74) is 10.3. The second-order valence-electron chi connectivity index (χ2n) is 6.22. The van der Waals surface area contributed by atoms with Gasteiger partial charge >= 0.3 is 0 Å². The molecule has 0 bridgehead atoms. The Balaban J connectivity index is 1.68. The average molecular weight is 313 g/mol. The zero-order valence-corrected chi connectivity index (χ0v) is 13.4. The molecule has 0 saturated heterocycles. The topological polar surface area (TPSA) is 32.3 Å². The van der Waals surface area contributed by atoms with Crippen LogP contribution in [0.15, 0.2) is 79.4 Å². The van der Waals surface area contributed by atoms with Crippen LogP contribution in [0.4, 0.5) is 0 Å². The Kier molecular flexibility index (Phi) is 3.68. The van der Waals surface area contributed by atoms with E-state index >= 15 is 0 Å². The van der Waals surface area contributed by atoms with Gasteiger partial charge in [-0.25, -0.2) is 0 Å². The maximum Gasteiger partial charge on any atom is 0.0602 e. The SMILES string of the molecule is C=C(NO)c1ccc(CC2c3ccccc3-c3ccccc32)cc1. The minimum atomic E-state index is 0.391. The molecule has 0 unspecified atom stereocenters. The van der Waals surface area contributed by atoms with Crippen molar-refractivity contribution < 1.29 is 5.21 Å². The lowest BCUT2D eigenvalue weighted by Gasteiger charge is -2.14. The second-order valence-corrected chi connectivity index (χ2v) is 6.22. The third-order valence-electron chi connectivity index (χ3n) is 4.84. The molecule has 0 radical (unpaired) electrons. The molecule has 0 amide bonds. The lowest BCUT2D eigenvalue weighted by atomic mass is 9.90. The van der Waals surface area contributed by atoms with E-state index in [0.29, 0.717) is 11.6 Å². The fourth-order valence-corrected chi connectivity index (χ4v) is 3.62. The molecule has 1 aliphatic rings. The van der Waals surface area contributed by atoms with Crippen molar-refractivity contribution in [2.45, 2.75) is 12.3 Å². The van der Waals surface area contributed by atoms with Crippen LogP contribution in [0, 0.1) is 0 Å². The van der Waals surface area contributed by atoms with Crippen molar-refractivity contribution >= 4 is 5.70 Å². The number of benzene rings is 3. The molecule has 0 fully saturated rings. The number of fused-ring (bicyclic) bond motifs is 3. The molecule has 24 heavy (non-hydrogen) atoms. The first kappa shape index (κ1) is 14.7. The Morgan fingerprint density at radius 1 is 0.833 bits per heavy atom. The largest absolute Gasteiger partial charge is 0.291 e. The van der Waals surface area contributed by atoms with Crippen molar-refractivity contribution in [1.29, 1.82) is 0 Å². The van der Waals surface area contributed by atoms with E-state index in [1.807, 2.05) is 12.1 Å². The highest BCUT2D eigenvalue weighted by Gasteiger charge is 2.27. The first-order valence-electron chi connectivity index (χ1n) is 8.14. The first-order valence-corrected chi connectivity index (χ1v) is 8.14. The van der Waals surface area contributed by atoms with Crippen molar-refractivity contribution in [2.75, 3.05) is 0 Å². The molecule has 0 spiro atoms. The van der Waals surface area contributed by atoms with Crippen LogP contribution in [0.3, 0.4) is 0 Å². The predicted octanol–water partition coefficient (Wildman–Crippen LogP) is 4.99. The summed E-state index contributed by atoms with van der Waals surface area (Å²) in [5.74, 6) is 0.391. The molecule has 0 atom stereocenters. The molecule has 1 aliphatic carbocycles. The van der Waals surface area contributed by atoms with E-state index in [0.717, 1.165) is 12.0 Å². The minimum Gasteiger partial charge on any atom is -0.291 e. The van der Waals surface area contributed by atoms with Crippen LogP contribution in [0.25, 0.3) is 16.8 Å². The van der Waals surface area contributed by atoms with Crippen LogP contribution < -0.4 is 5.48 Å². The van der Waals surface area contributed by atoms with Crippen LogP contribution in [0.5, 0.6) is 0 Å². The van der Waals surface area contributed by atoms with Crippen molar-refractivity contribution in [3.05, 3.63) is 102 Å². The Hall–Kier alpha value is -2.84. The molecule has 4 rings (SSSR count). The van der Waals surface area contributed by atoms with Gasteiger partial charge < -0.3 is 0 Å². The number of rotatable bonds is 4. The number of hydrogen-bond donors (Lipinski definition) is 2. The van der Waals surface area contributed by atoms with Gasteiger partial charge in [-0.1, -0.05) is 79.4 Å². The molecule has 2 nitrogen and oxygen atoms in total. The predicted molar refractivity (Wildman–Crippen MR) is 97.8 cm³/mol. The maximum absolute atomic E-state index is 8.96. The number of hydroxylamine groups is 1. The van der Waals surface area contributed by atoms with Crippen LogP contribution in [0.1, 0.15) is 28.2 Å². The molecular formula is C22H19NO. The summed E-state index contributed by atoms with van der Waals surface area (Å²) in [6, 6.07) is 25.6. The molecule has 0 saturated carbocycles. The lowest BCUT2D eigenvalue weighted by molar-refractivity contribution is 0.225. The molecule has 3 aromatic rings. The van der Waals surface area contributed by atoms with E-state index < -0.39 is 0 Å². The van der Waals surface area contributed by atoms with Crippen molar-refractivity contribution in [1.82, 2.24) is 5.48 Å². The van der Waals surface area contributed by atoms with E-state index in [1.165, 1.54) is 27.8 Å². The monoisotopic (exact) mass is 313 g/mol. The zero-order valence-electron chi connectivity index (χ0n) is 13.4. The van der Waals surface area contributed by atoms with Crippen molar-refractivity contribution in [2.24, 2.45) is 0 Å². The molecule has 2 N–H and O–H groups in total. The van der Waals surface area contributed by atoms with Crippen LogP contribution >= 0.6 is 0 Å². The van der Waals surface area contributed by atoms with Gasteiger partial charge in [0, 0.05) is 5.92 Å². The van der Waals surface area contributed by atoms with Gasteiger partial charge in [-0.15, -0.1) is 0 Å². The van der Waals surface area contributed by atoms with Crippen molar-refractivity contribution in [3.8, 4) is 11.1 Å². The van der Waals surface area contributed by atoms with Crippen LogP contribution in [-0.2, 0) is 6.42 Å². The average Bonchev–Trinajstić information content (AvgIpc) is 2.96. The molecule has 0 heterocycles. The van der Waals surface area contributed by atoms with Gasteiger partial charge in [-0.05, 0) is 39.8 Å². The summed E-state index contributed by atoms with van der Waals surface area (Å²) in [5, 5.41) is 8.96. The Labute approximate surface area is 142 Å². The molecule has 0 aliphatic heterocycles. The standard InChI is InChI=1S/C22H19NO/c1-15(23-24)17-12-10-16(11-13-17)14-22-20-8-4-2-6-18(20)19-7-3-5-9-21(19)22/h2-13,22-24H,1,14H2. The molecule has 0 aromatic heterocycles. The third kappa shape index (κ3) is 2.41. The van der Waals surface area contributed by atoms with E-state index in [1.54, 1.807) is 0 Å². The van der Waals surface area contributed by atoms with Gasteiger partial charge in [0.1, 0.15) is 0 Å². The minimum absolute atomic E-state index is 0.391. The van der Waals surface area contributed by atoms with Crippen LogP contribution in [-0.4, -0.2) is 5.21 Å². The van der Waals surface area contributed by atoms with Gasteiger partial charge in [0.15, 0.2) is 0 Å². The molecule has 2 heteroatoms. The molecular weight excluding hydrogens is 294 g/mol. The fraction of sp³-hybridized carbons (Fsp3) is 0.0909. The highest BCUT2D eigenvalue weighted by atomic mass is 16.5. The molecule has 118 valence electrons. The summed E-state index contributed by atoms with van der Waals surface area (Å²) < 4.78 is 0. The van der Waals surface area contributed by atoms with Gasteiger partial charge in [0.25, 0.3) is 0 Å². The number of nitrogens with one attached hydrogen (secondary N) is 1. The summed E-state index contributed by atoms with van der Waals surface area (Å²) in [6.07, 6.45) is 0.966. The normalized spacial score (nSPS) is 12.5. The van der Waals surface area contributed by atoms with Gasteiger partial charge in [-0.2, -0.15) is 0 Å². The Bertz CT molecular complexity index is 850.